The lowest BCUT2D eigenvalue weighted by molar-refractivity contribution is -0.124. The highest BCUT2D eigenvalue weighted by atomic mass is 16.2. The molecule has 3 unspecified atom stereocenters. The third-order valence-electron chi connectivity index (χ3n) is 3.66. The van der Waals surface area contributed by atoms with Crippen LogP contribution in [0, 0.1) is 5.92 Å². The van der Waals surface area contributed by atoms with Crippen LogP contribution in [-0.2, 0) is 11.2 Å². The van der Waals surface area contributed by atoms with Crippen molar-refractivity contribution in [2.24, 2.45) is 11.7 Å². The summed E-state index contributed by atoms with van der Waals surface area (Å²) in [7, 11) is 0. The molecule has 0 aliphatic rings. The van der Waals surface area contributed by atoms with Crippen LogP contribution in [0.1, 0.15) is 39.2 Å². The van der Waals surface area contributed by atoms with Gasteiger partial charge in [-0.1, -0.05) is 50.6 Å². The van der Waals surface area contributed by atoms with Gasteiger partial charge in [0.25, 0.3) is 0 Å². The highest BCUT2D eigenvalue weighted by molar-refractivity contribution is 5.82. The maximum Gasteiger partial charge on any atom is 0.237 e. The number of carbonyl (C=O) groups excluding carboxylic acids is 1. The standard InChI is InChI=1S/C16H26N2O/c1-4-12(2)15(17)16(19)18-13(3)10-11-14-8-6-5-7-9-14/h5-9,12-13,15H,4,10-11,17H2,1-3H3,(H,18,19). The quantitative estimate of drug-likeness (QED) is 0.793. The Morgan fingerprint density at radius 3 is 2.47 bits per heavy atom. The average Bonchev–Trinajstić information content (AvgIpc) is 2.44. The van der Waals surface area contributed by atoms with Crippen LogP contribution in [0.15, 0.2) is 30.3 Å². The first-order chi connectivity index (χ1) is 9.04. The Balaban J connectivity index is 2.35. The monoisotopic (exact) mass is 262 g/mol. The van der Waals surface area contributed by atoms with Crippen LogP contribution in [0.4, 0.5) is 0 Å². The number of nitrogens with two attached hydrogens (primary N) is 1. The molecule has 0 saturated carbocycles. The number of nitrogens with one attached hydrogen (secondary N) is 1. The van der Waals surface area contributed by atoms with Crippen molar-refractivity contribution in [2.45, 2.75) is 52.1 Å². The molecule has 0 saturated heterocycles. The van der Waals surface area contributed by atoms with Crippen molar-refractivity contribution >= 4 is 5.91 Å². The largest absolute Gasteiger partial charge is 0.352 e. The topological polar surface area (TPSA) is 55.1 Å². The van der Waals surface area contributed by atoms with Crippen LogP contribution in [0.2, 0.25) is 0 Å². The fourth-order valence-corrected chi connectivity index (χ4v) is 1.95. The molecule has 0 aliphatic heterocycles. The van der Waals surface area contributed by atoms with Gasteiger partial charge in [0.1, 0.15) is 0 Å². The molecule has 3 heteroatoms. The van der Waals surface area contributed by atoms with E-state index in [-0.39, 0.29) is 17.9 Å². The molecule has 0 fully saturated rings. The van der Waals surface area contributed by atoms with Gasteiger partial charge in [0.05, 0.1) is 6.04 Å². The van der Waals surface area contributed by atoms with E-state index < -0.39 is 6.04 Å². The SMILES string of the molecule is CCC(C)C(N)C(=O)NC(C)CCc1ccccc1. The summed E-state index contributed by atoms with van der Waals surface area (Å²) in [5, 5.41) is 3.00. The molecule has 1 amide bonds. The Hall–Kier alpha value is -1.35. The third-order valence-corrected chi connectivity index (χ3v) is 3.66. The van der Waals surface area contributed by atoms with Crippen LogP contribution in [-0.4, -0.2) is 18.0 Å². The van der Waals surface area contributed by atoms with E-state index in [1.54, 1.807) is 0 Å². The molecule has 0 aromatic heterocycles. The van der Waals surface area contributed by atoms with Crippen molar-refractivity contribution < 1.29 is 4.79 Å². The van der Waals surface area contributed by atoms with E-state index in [9.17, 15) is 4.79 Å². The van der Waals surface area contributed by atoms with Gasteiger partial charge >= 0.3 is 0 Å². The van der Waals surface area contributed by atoms with Gasteiger partial charge in [0.15, 0.2) is 0 Å². The van der Waals surface area contributed by atoms with Gasteiger partial charge in [-0.15, -0.1) is 0 Å². The second-order valence-corrected chi connectivity index (χ2v) is 5.35. The number of aryl methyl sites for hydroxylation is 1. The molecule has 1 aromatic rings. The van der Waals surface area contributed by atoms with E-state index in [2.05, 4.69) is 24.4 Å². The van der Waals surface area contributed by atoms with Crippen LogP contribution in [0.5, 0.6) is 0 Å². The molecular formula is C16H26N2O. The molecule has 3 nitrogen and oxygen atoms in total. The third kappa shape index (κ3) is 5.43. The lowest BCUT2D eigenvalue weighted by atomic mass is 9.99. The summed E-state index contributed by atoms with van der Waals surface area (Å²) >= 11 is 0. The van der Waals surface area contributed by atoms with E-state index in [4.69, 9.17) is 5.73 Å². The Morgan fingerprint density at radius 1 is 1.26 bits per heavy atom. The lowest BCUT2D eigenvalue weighted by Gasteiger charge is -2.21. The van der Waals surface area contributed by atoms with E-state index >= 15 is 0 Å². The zero-order valence-corrected chi connectivity index (χ0v) is 12.2. The summed E-state index contributed by atoms with van der Waals surface area (Å²) in [5.74, 6) is 0.191. The predicted octanol–water partition coefficient (Wildman–Crippen LogP) is 2.50. The normalized spacial score (nSPS) is 15.6. The minimum Gasteiger partial charge on any atom is -0.352 e. The first kappa shape index (κ1) is 15.7. The Kier molecular flexibility index (Phi) is 6.57. The number of amides is 1. The van der Waals surface area contributed by atoms with Gasteiger partial charge in [-0.05, 0) is 31.2 Å². The summed E-state index contributed by atoms with van der Waals surface area (Å²) in [6, 6.07) is 10.1. The van der Waals surface area contributed by atoms with Crippen molar-refractivity contribution in [3.05, 3.63) is 35.9 Å². The van der Waals surface area contributed by atoms with E-state index in [1.807, 2.05) is 32.0 Å². The van der Waals surface area contributed by atoms with E-state index in [0.29, 0.717) is 0 Å². The summed E-state index contributed by atoms with van der Waals surface area (Å²) in [6.07, 6.45) is 2.83. The zero-order valence-electron chi connectivity index (χ0n) is 12.2. The second kappa shape index (κ2) is 7.95. The average molecular weight is 262 g/mol. The molecular weight excluding hydrogens is 236 g/mol. The van der Waals surface area contributed by atoms with Crippen molar-refractivity contribution in [1.29, 1.82) is 0 Å². The first-order valence-electron chi connectivity index (χ1n) is 7.14. The van der Waals surface area contributed by atoms with Crippen LogP contribution < -0.4 is 11.1 Å². The fourth-order valence-electron chi connectivity index (χ4n) is 1.95. The smallest absolute Gasteiger partial charge is 0.237 e. The fraction of sp³-hybridized carbons (Fsp3) is 0.562. The highest BCUT2D eigenvalue weighted by Crippen LogP contribution is 2.07. The lowest BCUT2D eigenvalue weighted by Crippen LogP contribution is -2.47. The van der Waals surface area contributed by atoms with Crippen molar-refractivity contribution in [3.8, 4) is 0 Å². The summed E-state index contributed by atoms with van der Waals surface area (Å²) < 4.78 is 0. The minimum absolute atomic E-state index is 0.0325. The maximum absolute atomic E-state index is 11.9. The Morgan fingerprint density at radius 2 is 1.89 bits per heavy atom. The minimum atomic E-state index is -0.399. The van der Waals surface area contributed by atoms with Crippen molar-refractivity contribution in [1.82, 2.24) is 5.32 Å². The van der Waals surface area contributed by atoms with E-state index in [0.717, 1.165) is 19.3 Å². The van der Waals surface area contributed by atoms with Gasteiger partial charge in [0, 0.05) is 6.04 Å². The molecule has 3 N–H and O–H groups in total. The van der Waals surface area contributed by atoms with Crippen LogP contribution in [0.3, 0.4) is 0 Å². The Labute approximate surface area is 116 Å². The molecule has 19 heavy (non-hydrogen) atoms. The van der Waals surface area contributed by atoms with Crippen molar-refractivity contribution in [2.75, 3.05) is 0 Å². The molecule has 106 valence electrons. The maximum atomic E-state index is 11.9. The van der Waals surface area contributed by atoms with Crippen LogP contribution in [0.25, 0.3) is 0 Å². The summed E-state index contributed by atoms with van der Waals surface area (Å²) in [5.41, 5.74) is 7.22. The van der Waals surface area contributed by atoms with E-state index in [1.165, 1.54) is 5.56 Å². The Bertz CT molecular complexity index is 378. The highest BCUT2D eigenvalue weighted by Gasteiger charge is 2.20. The molecule has 3 atom stereocenters. The van der Waals surface area contributed by atoms with Gasteiger partial charge in [-0.25, -0.2) is 0 Å². The number of rotatable bonds is 7. The van der Waals surface area contributed by atoms with Gasteiger partial charge < -0.3 is 11.1 Å². The molecule has 1 aromatic carbocycles. The molecule has 0 bridgehead atoms. The van der Waals surface area contributed by atoms with Crippen LogP contribution >= 0.6 is 0 Å². The molecule has 0 aliphatic carbocycles. The molecule has 0 radical (unpaired) electrons. The van der Waals surface area contributed by atoms with Gasteiger partial charge in [-0.2, -0.15) is 0 Å². The zero-order chi connectivity index (χ0) is 14.3. The number of hydrogen-bond acceptors (Lipinski definition) is 2. The molecule has 0 spiro atoms. The number of carbonyl (C=O) groups is 1. The first-order valence-corrected chi connectivity index (χ1v) is 7.14. The second-order valence-electron chi connectivity index (χ2n) is 5.35. The predicted molar refractivity (Wildman–Crippen MR) is 79.8 cm³/mol. The number of hydrogen-bond donors (Lipinski definition) is 2. The number of benzene rings is 1. The summed E-state index contributed by atoms with van der Waals surface area (Å²) in [4.78, 5) is 11.9. The van der Waals surface area contributed by atoms with Crippen molar-refractivity contribution in [3.63, 3.8) is 0 Å². The van der Waals surface area contributed by atoms with Gasteiger partial charge in [-0.3, -0.25) is 4.79 Å². The molecule has 0 heterocycles. The summed E-state index contributed by atoms with van der Waals surface area (Å²) in [6.45, 7) is 6.10. The van der Waals surface area contributed by atoms with Gasteiger partial charge in [0.2, 0.25) is 5.91 Å². The molecule has 1 rings (SSSR count).